The number of rotatable bonds is 3. The summed E-state index contributed by atoms with van der Waals surface area (Å²) >= 11 is 6.27. The van der Waals surface area contributed by atoms with Gasteiger partial charge in [-0.3, -0.25) is 0 Å². The van der Waals surface area contributed by atoms with Crippen LogP contribution in [-0.2, 0) is 9.47 Å². The van der Waals surface area contributed by atoms with Crippen molar-refractivity contribution in [1.82, 2.24) is 19.4 Å². The number of nitrogens with zero attached hydrogens (tertiary/aromatic N) is 5. The number of aromatic nitrogens is 3. The van der Waals surface area contributed by atoms with E-state index in [2.05, 4.69) is 14.9 Å². The number of benzene rings is 1. The van der Waals surface area contributed by atoms with Crippen molar-refractivity contribution in [1.29, 1.82) is 0 Å². The van der Waals surface area contributed by atoms with Crippen LogP contribution in [0, 0.1) is 0 Å². The molecule has 10 heteroatoms. The van der Waals surface area contributed by atoms with Crippen LogP contribution in [0.1, 0.15) is 58.8 Å². The summed E-state index contributed by atoms with van der Waals surface area (Å²) in [5.41, 5.74) is 0.447. The third kappa shape index (κ3) is 5.98. The lowest BCUT2D eigenvalue weighted by Gasteiger charge is -2.41. The monoisotopic (exact) mass is 527 g/mol. The number of carbonyl (C=O) groups excluding carboxylic acids is 2. The second-order valence-electron chi connectivity index (χ2n) is 11.3. The number of fused-ring (bicyclic) bond motifs is 1. The van der Waals surface area contributed by atoms with Gasteiger partial charge >= 0.3 is 12.1 Å². The zero-order valence-corrected chi connectivity index (χ0v) is 23.2. The first-order chi connectivity index (χ1) is 17.2. The number of ether oxygens (including phenoxy) is 2. The fraction of sp³-hybridized carbons (Fsp3) is 0.481. The molecule has 0 spiro atoms. The van der Waals surface area contributed by atoms with Gasteiger partial charge < -0.3 is 23.8 Å². The molecule has 9 nitrogen and oxygen atoms in total. The molecular weight excluding hydrogens is 494 g/mol. The van der Waals surface area contributed by atoms with Crippen molar-refractivity contribution in [2.45, 2.75) is 65.7 Å². The molecule has 1 fully saturated rings. The molecule has 1 saturated heterocycles. The standard InChI is InChI=1S/C27H34ClN5O4/c1-17-14-31(25(35)37-27(5,6)7)11-12-32(17)22-21-20(24(34)36-26(2,3)4)15-33(23(21)30-16-29-22)19-10-8-9-18(28)13-19/h8-10,13,15-17H,11-12,14H2,1-7H3/t17-/m0/s1. The Morgan fingerprint density at radius 2 is 1.73 bits per heavy atom. The minimum atomic E-state index is -0.677. The fourth-order valence-corrected chi connectivity index (χ4v) is 4.52. The lowest BCUT2D eigenvalue weighted by molar-refractivity contribution is 0.00711. The number of hydrogen-bond donors (Lipinski definition) is 0. The first-order valence-corrected chi connectivity index (χ1v) is 12.7. The van der Waals surface area contributed by atoms with E-state index in [1.165, 1.54) is 6.33 Å². The van der Waals surface area contributed by atoms with Crippen molar-refractivity contribution in [3.05, 3.63) is 47.4 Å². The summed E-state index contributed by atoms with van der Waals surface area (Å²) < 4.78 is 13.1. The van der Waals surface area contributed by atoms with Crippen molar-refractivity contribution >= 4 is 40.5 Å². The normalized spacial score (nSPS) is 16.7. The van der Waals surface area contributed by atoms with Crippen molar-refractivity contribution < 1.29 is 19.1 Å². The van der Waals surface area contributed by atoms with Gasteiger partial charge in [0.2, 0.25) is 0 Å². The smallest absolute Gasteiger partial charge is 0.410 e. The highest BCUT2D eigenvalue weighted by Gasteiger charge is 2.33. The second-order valence-corrected chi connectivity index (χ2v) is 11.7. The number of amides is 1. The molecule has 0 radical (unpaired) electrons. The molecule has 0 bridgehead atoms. The number of esters is 1. The predicted molar refractivity (Wildman–Crippen MR) is 144 cm³/mol. The summed E-state index contributed by atoms with van der Waals surface area (Å²) in [4.78, 5) is 39.0. The lowest BCUT2D eigenvalue weighted by Crippen LogP contribution is -2.54. The summed E-state index contributed by atoms with van der Waals surface area (Å²) in [5, 5.41) is 1.16. The molecular formula is C27H34ClN5O4. The lowest BCUT2D eigenvalue weighted by atomic mass is 10.1. The predicted octanol–water partition coefficient (Wildman–Crippen LogP) is 5.47. The van der Waals surface area contributed by atoms with E-state index in [1.807, 2.05) is 71.2 Å². The Kier molecular flexibility index (Phi) is 7.12. The van der Waals surface area contributed by atoms with E-state index in [9.17, 15) is 9.59 Å². The zero-order chi connectivity index (χ0) is 27.1. The van der Waals surface area contributed by atoms with Gasteiger partial charge in [0.05, 0.1) is 10.9 Å². The van der Waals surface area contributed by atoms with E-state index in [0.29, 0.717) is 47.1 Å². The molecule has 0 unspecified atom stereocenters. The second kappa shape index (κ2) is 9.85. The summed E-state index contributed by atoms with van der Waals surface area (Å²) in [5.74, 6) is 0.150. The van der Waals surface area contributed by atoms with Gasteiger partial charge in [-0.05, 0) is 66.7 Å². The quantitative estimate of drug-likeness (QED) is 0.417. The number of anilines is 1. The highest BCUT2D eigenvalue weighted by Crippen LogP contribution is 2.34. The van der Waals surface area contributed by atoms with Gasteiger partial charge in [-0.15, -0.1) is 0 Å². The first kappa shape index (κ1) is 26.7. The SMILES string of the molecule is C[C@H]1CN(C(=O)OC(C)(C)C)CCN1c1ncnc2c1c(C(=O)OC(C)(C)C)cn2-c1cccc(Cl)c1. The molecule has 1 aromatic carbocycles. The van der Waals surface area contributed by atoms with Gasteiger partial charge in [0.15, 0.2) is 5.65 Å². The fourth-order valence-electron chi connectivity index (χ4n) is 4.34. The molecule has 198 valence electrons. The van der Waals surface area contributed by atoms with Gasteiger partial charge in [-0.25, -0.2) is 19.6 Å². The molecule has 0 N–H and O–H groups in total. The maximum Gasteiger partial charge on any atom is 0.410 e. The van der Waals surface area contributed by atoms with Crippen LogP contribution < -0.4 is 4.90 Å². The van der Waals surface area contributed by atoms with E-state index >= 15 is 0 Å². The Balaban J connectivity index is 1.77. The Morgan fingerprint density at radius 3 is 2.35 bits per heavy atom. The van der Waals surface area contributed by atoms with Gasteiger partial charge in [0.1, 0.15) is 23.3 Å². The van der Waals surface area contributed by atoms with Crippen LogP contribution in [0.25, 0.3) is 16.7 Å². The summed E-state index contributed by atoms with van der Waals surface area (Å²) in [6, 6.07) is 7.26. The van der Waals surface area contributed by atoms with Gasteiger partial charge in [0, 0.05) is 42.6 Å². The number of carbonyl (C=O) groups is 2. The first-order valence-electron chi connectivity index (χ1n) is 12.3. The molecule has 1 aliphatic rings. The molecule has 3 aromatic rings. The van der Waals surface area contributed by atoms with Crippen LogP contribution in [0.2, 0.25) is 5.02 Å². The molecule has 1 amide bonds. The maximum absolute atomic E-state index is 13.4. The Hall–Kier alpha value is -3.33. The van der Waals surface area contributed by atoms with E-state index in [4.69, 9.17) is 21.1 Å². The van der Waals surface area contributed by atoms with Crippen LogP contribution in [0.3, 0.4) is 0 Å². The van der Waals surface area contributed by atoms with Crippen molar-refractivity contribution in [3.8, 4) is 5.69 Å². The highest BCUT2D eigenvalue weighted by molar-refractivity contribution is 6.30. The third-order valence-electron chi connectivity index (χ3n) is 5.82. The van der Waals surface area contributed by atoms with Gasteiger partial charge in [-0.2, -0.15) is 0 Å². The Labute approximate surface area is 222 Å². The topological polar surface area (TPSA) is 89.8 Å². The van der Waals surface area contributed by atoms with Gasteiger partial charge in [-0.1, -0.05) is 17.7 Å². The number of halogens is 1. The Morgan fingerprint density at radius 1 is 1.03 bits per heavy atom. The van der Waals surface area contributed by atoms with Crippen LogP contribution >= 0.6 is 11.6 Å². The van der Waals surface area contributed by atoms with Crippen molar-refractivity contribution in [3.63, 3.8) is 0 Å². The molecule has 2 aromatic heterocycles. The van der Waals surface area contributed by atoms with Crippen LogP contribution in [-0.4, -0.2) is 68.4 Å². The molecule has 37 heavy (non-hydrogen) atoms. The molecule has 1 atom stereocenters. The van der Waals surface area contributed by atoms with Crippen LogP contribution in [0.5, 0.6) is 0 Å². The highest BCUT2D eigenvalue weighted by atomic mass is 35.5. The summed E-state index contributed by atoms with van der Waals surface area (Å²) in [6.45, 7) is 14.5. The Bertz CT molecular complexity index is 1320. The molecule has 3 heterocycles. The van der Waals surface area contributed by atoms with E-state index < -0.39 is 17.2 Å². The number of hydrogen-bond acceptors (Lipinski definition) is 7. The minimum Gasteiger partial charge on any atom is -0.456 e. The maximum atomic E-state index is 13.4. The van der Waals surface area contributed by atoms with E-state index in [1.54, 1.807) is 17.2 Å². The molecule has 0 saturated carbocycles. The van der Waals surface area contributed by atoms with Crippen molar-refractivity contribution in [2.24, 2.45) is 0 Å². The average molecular weight is 528 g/mol. The van der Waals surface area contributed by atoms with Gasteiger partial charge in [0.25, 0.3) is 0 Å². The number of piperazine rings is 1. The average Bonchev–Trinajstić information content (AvgIpc) is 3.17. The van der Waals surface area contributed by atoms with E-state index in [0.717, 1.165) is 5.69 Å². The molecule has 0 aliphatic carbocycles. The largest absolute Gasteiger partial charge is 0.456 e. The van der Waals surface area contributed by atoms with Crippen LogP contribution in [0.15, 0.2) is 36.8 Å². The third-order valence-corrected chi connectivity index (χ3v) is 6.05. The van der Waals surface area contributed by atoms with Crippen molar-refractivity contribution in [2.75, 3.05) is 24.5 Å². The molecule has 1 aliphatic heterocycles. The summed E-state index contributed by atoms with van der Waals surface area (Å²) in [6.07, 6.45) is 2.88. The molecule has 4 rings (SSSR count). The van der Waals surface area contributed by atoms with E-state index in [-0.39, 0.29) is 12.1 Å². The van der Waals surface area contributed by atoms with Crippen LogP contribution in [0.4, 0.5) is 10.6 Å². The minimum absolute atomic E-state index is 0.0830. The summed E-state index contributed by atoms with van der Waals surface area (Å²) in [7, 11) is 0. The zero-order valence-electron chi connectivity index (χ0n) is 22.4.